The van der Waals surface area contributed by atoms with E-state index in [9.17, 15) is 4.79 Å². The molecule has 11 heavy (non-hydrogen) atoms. The Bertz CT molecular complexity index is 243. The number of nitrogens with zero attached hydrogens (tertiary/aromatic N) is 1. The van der Waals surface area contributed by atoms with Gasteiger partial charge < -0.3 is 0 Å². The van der Waals surface area contributed by atoms with Crippen LogP contribution in [-0.2, 0) is 4.79 Å². The Labute approximate surface area is 66.3 Å². The lowest BCUT2D eigenvalue weighted by atomic mass is 10.00. The van der Waals surface area contributed by atoms with Gasteiger partial charge in [-0.25, -0.2) is 0 Å². The predicted octanol–water partition coefficient (Wildman–Crippen LogP) is 1.77. The van der Waals surface area contributed by atoms with Gasteiger partial charge in [0.25, 0.3) is 0 Å². The van der Waals surface area contributed by atoms with E-state index in [4.69, 9.17) is 0 Å². The summed E-state index contributed by atoms with van der Waals surface area (Å²) in [5.74, 6) is 0.154. The molecule has 58 valence electrons. The highest BCUT2D eigenvalue weighted by atomic mass is 16.1. The third-order valence-electron chi connectivity index (χ3n) is 1.79. The maximum atomic E-state index is 10.9. The molecule has 0 aliphatic carbocycles. The first-order valence-corrected chi connectivity index (χ1v) is 3.62. The molecule has 2 nitrogen and oxygen atoms in total. The minimum atomic E-state index is -0.0244. The van der Waals surface area contributed by atoms with E-state index in [0.29, 0.717) is 0 Å². The number of aromatic nitrogens is 1. The molecule has 0 N–H and O–H groups in total. The van der Waals surface area contributed by atoms with Crippen molar-refractivity contribution >= 4 is 5.78 Å². The molecule has 2 heteroatoms. The van der Waals surface area contributed by atoms with E-state index in [0.717, 1.165) is 5.56 Å². The van der Waals surface area contributed by atoms with Gasteiger partial charge in [0.1, 0.15) is 5.78 Å². The maximum Gasteiger partial charge on any atom is 0.137 e. The van der Waals surface area contributed by atoms with E-state index in [1.54, 1.807) is 19.3 Å². The molecule has 1 heterocycles. The van der Waals surface area contributed by atoms with E-state index >= 15 is 0 Å². The summed E-state index contributed by atoms with van der Waals surface area (Å²) in [6.45, 7) is 3.48. The number of carbonyl (C=O) groups is 1. The average molecular weight is 149 g/mol. The number of rotatable bonds is 2. The Morgan fingerprint density at radius 2 is 2.36 bits per heavy atom. The van der Waals surface area contributed by atoms with Gasteiger partial charge in [-0.1, -0.05) is 13.0 Å². The Kier molecular flexibility index (Phi) is 2.36. The van der Waals surface area contributed by atoms with Crippen LogP contribution in [0.25, 0.3) is 0 Å². The molecule has 0 bridgehead atoms. The fraction of sp³-hybridized carbons (Fsp3) is 0.333. The smallest absolute Gasteiger partial charge is 0.137 e. The van der Waals surface area contributed by atoms with Crippen LogP contribution < -0.4 is 0 Å². The molecule has 0 saturated carbocycles. The molecular weight excluding hydrogens is 138 g/mol. The minimum absolute atomic E-state index is 0.0244. The van der Waals surface area contributed by atoms with Crippen molar-refractivity contribution in [3.8, 4) is 0 Å². The van der Waals surface area contributed by atoms with Crippen LogP contribution in [0.15, 0.2) is 24.5 Å². The Morgan fingerprint density at radius 3 is 2.82 bits per heavy atom. The van der Waals surface area contributed by atoms with E-state index in [1.165, 1.54) is 0 Å². The van der Waals surface area contributed by atoms with Crippen LogP contribution >= 0.6 is 0 Å². The number of Topliss-reactive ketones (excluding diaryl/α,β-unsaturated/α-hetero) is 1. The zero-order chi connectivity index (χ0) is 8.27. The fourth-order valence-corrected chi connectivity index (χ4v) is 0.867. The summed E-state index contributed by atoms with van der Waals surface area (Å²) in [4.78, 5) is 14.9. The predicted molar refractivity (Wildman–Crippen MR) is 43.3 cm³/mol. The Hall–Kier alpha value is -1.18. The van der Waals surface area contributed by atoms with Crippen LogP contribution in [0.1, 0.15) is 25.3 Å². The van der Waals surface area contributed by atoms with Crippen LogP contribution in [-0.4, -0.2) is 10.8 Å². The third kappa shape index (κ3) is 1.87. The van der Waals surface area contributed by atoms with Crippen molar-refractivity contribution in [2.24, 2.45) is 0 Å². The average Bonchev–Trinajstić information content (AvgIpc) is 2.05. The quantitative estimate of drug-likeness (QED) is 0.641. The molecule has 1 atom stereocenters. The molecule has 0 radical (unpaired) electrons. The first kappa shape index (κ1) is 7.92. The Morgan fingerprint density at radius 1 is 1.64 bits per heavy atom. The van der Waals surface area contributed by atoms with Gasteiger partial charge in [0, 0.05) is 18.3 Å². The molecule has 0 aliphatic rings. The maximum absolute atomic E-state index is 10.9. The largest absolute Gasteiger partial charge is 0.299 e. The molecule has 0 fully saturated rings. The van der Waals surface area contributed by atoms with E-state index in [2.05, 4.69) is 4.98 Å². The van der Waals surface area contributed by atoms with Gasteiger partial charge in [0.15, 0.2) is 0 Å². The van der Waals surface area contributed by atoms with Crippen molar-refractivity contribution in [2.75, 3.05) is 0 Å². The van der Waals surface area contributed by atoms with Crippen molar-refractivity contribution in [3.05, 3.63) is 30.1 Å². The van der Waals surface area contributed by atoms with Crippen LogP contribution in [0.5, 0.6) is 0 Å². The van der Waals surface area contributed by atoms with Gasteiger partial charge in [-0.15, -0.1) is 0 Å². The number of hydrogen-bond donors (Lipinski definition) is 0. The number of carbonyl (C=O) groups excluding carboxylic acids is 1. The zero-order valence-corrected chi connectivity index (χ0v) is 6.74. The standard InChI is InChI=1S/C9H11NO/c1-7(8(2)11)9-4-3-5-10-6-9/h3-7H,1-2H3/t7-/m0/s1. The van der Waals surface area contributed by atoms with Crippen molar-refractivity contribution in [2.45, 2.75) is 19.8 Å². The van der Waals surface area contributed by atoms with Crippen molar-refractivity contribution < 1.29 is 4.79 Å². The molecule has 1 aromatic heterocycles. The second kappa shape index (κ2) is 3.28. The van der Waals surface area contributed by atoms with Gasteiger partial charge >= 0.3 is 0 Å². The summed E-state index contributed by atoms with van der Waals surface area (Å²) in [5.41, 5.74) is 0.986. The number of ketones is 1. The summed E-state index contributed by atoms with van der Waals surface area (Å²) in [6, 6.07) is 3.76. The van der Waals surface area contributed by atoms with Crippen molar-refractivity contribution in [1.29, 1.82) is 0 Å². The van der Waals surface area contributed by atoms with E-state index in [-0.39, 0.29) is 11.7 Å². The highest BCUT2D eigenvalue weighted by Gasteiger charge is 2.08. The van der Waals surface area contributed by atoms with Crippen LogP contribution in [0, 0.1) is 0 Å². The first-order chi connectivity index (χ1) is 5.22. The molecule has 0 aliphatic heterocycles. The third-order valence-corrected chi connectivity index (χ3v) is 1.79. The van der Waals surface area contributed by atoms with Gasteiger partial charge in [-0.05, 0) is 18.6 Å². The normalized spacial score (nSPS) is 12.5. The summed E-state index contributed by atoms with van der Waals surface area (Å²) in [5, 5.41) is 0. The van der Waals surface area contributed by atoms with Gasteiger partial charge in [0.05, 0.1) is 0 Å². The number of pyridine rings is 1. The van der Waals surface area contributed by atoms with Crippen molar-refractivity contribution in [3.63, 3.8) is 0 Å². The lowest BCUT2D eigenvalue weighted by Crippen LogP contribution is -2.03. The topological polar surface area (TPSA) is 30.0 Å². The van der Waals surface area contributed by atoms with Gasteiger partial charge in [-0.3, -0.25) is 9.78 Å². The van der Waals surface area contributed by atoms with Crippen molar-refractivity contribution in [1.82, 2.24) is 4.98 Å². The minimum Gasteiger partial charge on any atom is -0.299 e. The molecule has 1 rings (SSSR count). The summed E-state index contributed by atoms with van der Waals surface area (Å²) in [7, 11) is 0. The second-order valence-electron chi connectivity index (χ2n) is 2.62. The van der Waals surface area contributed by atoms with Crippen LogP contribution in [0.3, 0.4) is 0 Å². The van der Waals surface area contributed by atoms with Gasteiger partial charge in [0.2, 0.25) is 0 Å². The van der Waals surface area contributed by atoms with E-state index < -0.39 is 0 Å². The summed E-state index contributed by atoms with van der Waals surface area (Å²) < 4.78 is 0. The first-order valence-electron chi connectivity index (χ1n) is 3.62. The molecule has 1 aromatic rings. The highest BCUT2D eigenvalue weighted by molar-refractivity contribution is 5.82. The Balaban J connectivity index is 2.85. The SMILES string of the molecule is CC(=O)[C@H](C)c1cccnc1. The summed E-state index contributed by atoms with van der Waals surface area (Å²) >= 11 is 0. The molecule has 0 amide bonds. The molecule has 0 saturated heterocycles. The lowest BCUT2D eigenvalue weighted by Gasteiger charge is -2.05. The monoisotopic (exact) mass is 149 g/mol. The zero-order valence-electron chi connectivity index (χ0n) is 6.74. The molecule has 0 unspecified atom stereocenters. The second-order valence-corrected chi connectivity index (χ2v) is 2.62. The lowest BCUT2D eigenvalue weighted by molar-refractivity contribution is -0.118. The van der Waals surface area contributed by atoms with E-state index in [1.807, 2.05) is 19.1 Å². The molecular formula is C9H11NO. The molecule has 0 spiro atoms. The molecule has 0 aromatic carbocycles. The number of hydrogen-bond acceptors (Lipinski definition) is 2. The highest BCUT2D eigenvalue weighted by Crippen LogP contribution is 2.13. The van der Waals surface area contributed by atoms with Crippen LogP contribution in [0.4, 0.5) is 0 Å². The fourth-order valence-electron chi connectivity index (χ4n) is 0.867. The van der Waals surface area contributed by atoms with Crippen LogP contribution in [0.2, 0.25) is 0 Å². The summed E-state index contributed by atoms with van der Waals surface area (Å²) in [6.07, 6.45) is 3.43. The van der Waals surface area contributed by atoms with Gasteiger partial charge in [-0.2, -0.15) is 0 Å².